The predicted octanol–water partition coefficient (Wildman–Crippen LogP) is 2.40. The van der Waals surface area contributed by atoms with Gasteiger partial charge in [0.15, 0.2) is 0 Å². The minimum Gasteiger partial charge on any atom is -0.354 e. The highest BCUT2D eigenvalue weighted by Crippen LogP contribution is 2.19. The van der Waals surface area contributed by atoms with E-state index in [1.165, 1.54) is 0 Å². The molecule has 0 saturated carbocycles. The Kier molecular flexibility index (Phi) is 7.44. The molecule has 0 radical (unpaired) electrons. The second-order valence-corrected chi connectivity index (χ2v) is 6.13. The standard InChI is InChI=1S/C14H30N2O/c1-9(2)7-13(15)14(17)16-8-12(10(3)4)11(5)6/h9-13H,7-8,15H2,1-6H3,(H,16,17)/t13-/m1/s1. The number of carbonyl (C=O) groups excluding carboxylic acids is 1. The van der Waals surface area contributed by atoms with Crippen molar-refractivity contribution in [3.8, 4) is 0 Å². The Labute approximate surface area is 107 Å². The van der Waals surface area contributed by atoms with Gasteiger partial charge in [-0.05, 0) is 30.1 Å². The Balaban J connectivity index is 4.12. The second-order valence-electron chi connectivity index (χ2n) is 6.13. The van der Waals surface area contributed by atoms with Gasteiger partial charge >= 0.3 is 0 Å². The molecule has 0 aliphatic heterocycles. The molecule has 0 fully saturated rings. The van der Waals surface area contributed by atoms with Gasteiger partial charge in [-0.2, -0.15) is 0 Å². The van der Waals surface area contributed by atoms with Crippen LogP contribution in [0.15, 0.2) is 0 Å². The Morgan fingerprint density at radius 1 is 1.06 bits per heavy atom. The molecule has 3 heteroatoms. The number of hydrogen-bond acceptors (Lipinski definition) is 2. The molecule has 102 valence electrons. The van der Waals surface area contributed by atoms with E-state index in [4.69, 9.17) is 5.73 Å². The van der Waals surface area contributed by atoms with E-state index in [0.717, 1.165) is 13.0 Å². The summed E-state index contributed by atoms with van der Waals surface area (Å²) in [6, 6.07) is -0.366. The van der Waals surface area contributed by atoms with E-state index < -0.39 is 0 Å². The van der Waals surface area contributed by atoms with E-state index in [1.807, 2.05) is 0 Å². The first kappa shape index (κ1) is 16.4. The molecule has 0 aliphatic rings. The zero-order valence-electron chi connectivity index (χ0n) is 12.3. The minimum absolute atomic E-state index is 0.00926. The van der Waals surface area contributed by atoms with Gasteiger partial charge in [-0.25, -0.2) is 0 Å². The SMILES string of the molecule is CC(C)C[C@@H](N)C(=O)NCC(C(C)C)C(C)C. The van der Waals surface area contributed by atoms with Gasteiger partial charge in [0.05, 0.1) is 6.04 Å². The maximum Gasteiger partial charge on any atom is 0.236 e. The van der Waals surface area contributed by atoms with Crippen LogP contribution >= 0.6 is 0 Å². The molecule has 0 aromatic heterocycles. The third kappa shape index (κ3) is 6.67. The molecule has 0 aromatic rings. The molecule has 0 heterocycles. The fourth-order valence-electron chi connectivity index (χ4n) is 2.21. The molecule has 0 bridgehead atoms. The molecular formula is C14H30N2O. The van der Waals surface area contributed by atoms with E-state index in [9.17, 15) is 4.79 Å². The van der Waals surface area contributed by atoms with Crippen LogP contribution in [0.4, 0.5) is 0 Å². The molecular weight excluding hydrogens is 212 g/mol. The summed E-state index contributed by atoms with van der Waals surface area (Å²) >= 11 is 0. The summed E-state index contributed by atoms with van der Waals surface area (Å²) in [6.07, 6.45) is 0.750. The van der Waals surface area contributed by atoms with Crippen molar-refractivity contribution in [2.45, 2.75) is 54.0 Å². The second kappa shape index (κ2) is 7.70. The summed E-state index contributed by atoms with van der Waals surface area (Å²) < 4.78 is 0. The van der Waals surface area contributed by atoms with Crippen LogP contribution in [0.5, 0.6) is 0 Å². The average molecular weight is 242 g/mol. The van der Waals surface area contributed by atoms with E-state index in [1.54, 1.807) is 0 Å². The zero-order valence-corrected chi connectivity index (χ0v) is 12.3. The lowest BCUT2D eigenvalue weighted by Crippen LogP contribution is -2.44. The van der Waals surface area contributed by atoms with Gasteiger partial charge in [0, 0.05) is 6.54 Å². The summed E-state index contributed by atoms with van der Waals surface area (Å²) in [5.74, 6) is 2.13. The van der Waals surface area contributed by atoms with E-state index in [0.29, 0.717) is 23.7 Å². The Morgan fingerprint density at radius 2 is 1.53 bits per heavy atom. The van der Waals surface area contributed by atoms with Crippen molar-refractivity contribution in [1.29, 1.82) is 0 Å². The van der Waals surface area contributed by atoms with Crippen LogP contribution in [0.25, 0.3) is 0 Å². The molecule has 0 aliphatic carbocycles. The summed E-state index contributed by atoms with van der Waals surface area (Å²) in [5.41, 5.74) is 5.84. The lowest BCUT2D eigenvalue weighted by Gasteiger charge is -2.26. The normalized spacial score (nSPS) is 13.8. The molecule has 1 amide bonds. The van der Waals surface area contributed by atoms with Gasteiger partial charge in [-0.3, -0.25) is 4.79 Å². The van der Waals surface area contributed by atoms with Gasteiger partial charge < -0.3 is 11.1 Å². The highest BCUT2D eigenvalue weighted by atomic mass is 16.2. The maximum absolute atomic E-state index is 11.8. The van der Waals surface area contributed by atoms with Crippen LogP contribution in [-0.4, -0.2) is 18.5 Å². The van der Waals surface area contributed by atoms with Crippen molar-refractivity contribution in [2.75, 3.05) is 6.54 Å². The van der Waals surface area contributed by atoms with Crippen molar-refractivity contribution < 1.29 is 4.79 Å². The van der Waals surface area contributed by atoms with Crippen LogP contribution in [0.2, 0.25) is 0 Å². The predicted molar refractivity (Wildman–Crippen MR) is 73.6 cm³/mol. The van der Waals surface area contributed by atoms with Crippen LogP contribution in [0.1, 0.15) is 48.0 Å². The monoisotopic (exact) mass is 242 g/mol. The highest BCUT2D eigenvalue weighted by molar-refractivity contribution is 5.81. The van der Waals surface area contributed by atoms with Gasteiger partial charge in [0.25, 0.3) is 0 Å². The number of nitrogens with one attached hydrogen (secondary N) is 1. The van der Waals surface area contributed by atoms with Crippen molar-refractivity contribution in [3.63, 3.8) is 0 Å². The molecule has 0 aromatic carbocycles. The lowest BCUT2D eigenvalue weighted by molar-refractivity contribution is -0.123. The van der Waals surface area contributed by atoms with Crippen LogP contribution in [-0.2, 0) is 4.79 Å². The summed E-state index contributed by atoms with van der Waals surface area (Å²) in [7, 11) is 0. The van der Waals surface area contributed by atoms with Crippen LogP contribution < -0.4 is 11.1 Å². The summed E-state index contributed by atoms with van der Waals surface area (Å²) in [5, 5.41) is 2.99. The topological polar surface area (TPSA) is 55.1 Å². The zero-order chi connectivity index (χ0) is 13.6. The molecule has 0 saturated heterocycles. The number of nitrogens with two attached hydrogens (primary N) is 1. The molecule has 17 heavy (non-hydrogen) atoms. The highest BCUT2D eigenvalue weighted by Gasteiger charge is 2.20. The average Bonchev–Trinajstić information content (AvgIpc) is 2.15. The first-order valence-electron chi connectivity index (χ1n) is 6.79. The number of carbonyl (C=O) groups is 1. The molecule has 3 N–H and O–H groups in total. The number of hydrogen-bond donors (Lipinski definition) is 2. The Bertz CT molecular complexity index is 216. The lowest BCUT2D eigenvalue weighted by atomic mass is 9.85. The van der Waals surface area contributed by atoms with Gasteiger partial charge in [-0.1, -0.05) is 41.5 Å². The smallest absolute Gasteiger partial charge is 0.236 e. The third-order valence-corrected chi connectivity index (χ3v) is 3.29. The molecule has 0 spiro atoms. The minimum atomic E-state index is -0.366. The Hall–Kier alpha value is -0.570. The largest absolute Gasteiger partial charge is 0.354 e. The van der Waals surface area contributed by atoms with E-state index in [2.05, 4.69) is 46.9 Å². The molecule has 3 nitrogen and oxygen atoms in total. The molecule has 0 rings (SSSR count). The van der Waals surface area contributed by atoms with Crippen LogP contribution in [0, 0.1) is 23.7 Å². The molecule has 0 unspecified atom stereocenters. The van der Waals surface area contributed by atoms with Crippen molar-refractivity contribution in [2.24, 2.45) is 29.4 Å². The van der Waals surface area contributed by atoms with E-state index in [-0.39, 0.29) is 11.9 Å². The fraction of sp³-hybridized carbons (Fsp3) is 0.929. The van der Waals surface area contributed by atoms with Crippen molar-refractivity contribution in [3.05, 3.63) is 0 Å². The molecule has 1 atom stereocenters. The van der Waals surface area contributed by atoms with Crippen molar-refractivity contribution >= 4 is 5.91 Å². The van der Waals surface area contributed by atoms with Gasteiger partial charge in [-0.15, -0.1) is 0 Å². The fourth-order valence-corrected chi connectivity index (χ4v) is 2.21. The Morgan fingerprint density at radius 3 is 1.88 bits per heavy atom. The number of rotatable bonds is 7. The quantitative estimate of drug-likeness (QED) is 0.720. The van der Waals surface area contributed by atoms with Gasteiger partial charge in [0.2, 0.25) is 5.91 Å². The first-order chi connectivity index (χ1) is 7.75. The third-order valence-electron chi connectivity index (χ3n) is 3.29. The van der Waals surface area contributed by atoms with Gasteiger partial charge in [0.1, 0.15) is 0 Å². The summed E-state index contributed by atoms with van der Waals surface area (Å²) in [6.45, 7) is 13.7. The van der Waals surface area contributed by atoms with Crippen LogP contribution in [0.3, 0.4) is 0 Å². The maximum atomic E-state index is 11.8. The first-order valence-corrected chi connectivity index (χ1v) is 6.79. The summed E-state index contributed by atoms with van der Waals surface area (Å²) in [4.78, 5) is 11.8. The van der Waals surface area contributed by atoms with Crippen molar-refractivity contribution in [1.82, 2.24) is 5.32 Å². The number of amides is 1. The van der Waals surface area contributed by atoms with E-state index >= 15 is 0 Å².